The van der Waals surface area contributed by atoms with Crippen molar-refractivity contribution in [2.24, 2.45) is 0 Å². The Kier molecular flexibility index (Phi) is 6.93. The quantitative estimate of drug-likeness (QED) is 0.503. The molecule has 0 unspecified atom stereocenters. The van der Waals surface area contributed by atoms with Crippen LogP contribution in [-0.2, 0) is 16.0 Å². The van der Waals surface area contributed by atoms with Crippen LogP contribution in [0.2, 0.25) is 0 Å². The minimum absolute atomic E-state index is 0.0147. The lowest BCUT2D eigenvalue weighted by Gasteiger charge is -2.14. The lowest BCUT2D eigenvalue weighted by molar-refractivity contribution is -0.124. The molecule has 35 heavy (non-hydrogen) atoms. The average Bonchev–Trinajstić information content (AvgIpc) is 3.36. The van der Waals surface area contributed by atoms with Crippen molar-refractivity contribution in [2.45, 2.75) is 26.7 Å². The maximum Gasteiger partial charge on any atom is 0.293 e. The number of halogens is 1. The van der Waals surface area contributed by atoms with Crippen LogP contribution >= 0.6 is 11.8 Å². The average molecular weight is 493 g/mol. The van der Waals surface area contributed by atoms with Gasteiger partial charge in [-0.3, -0.25) is 19.3 Å². The van der Waals surface area contributed by atoms with Gasteiger partial charge >= 0.3 is 0 Å². The summed E-state index contributed by atoms with van der Waals surface area (Å²) in [6.45, 7) is 3.80. The Labute approximate surface area is 204 Å². The van der Waals surface area contributed by atoms with E-state index in [1.165, 1.54) is 24.4 Å². The molecule has 0 radical (unpaired) electrons. The number of hydrogen-bond donors (Lipinski definition) is 1. The number of imide groups is 1. The molecular weight excluding hydrogens is 471 g/mol. The van der Waals surface area contributed by atoms with E-state index in [1.807, 2.05) is 13.8 Å². The Balaban J connectivity index is 1.32. The smallest absolute Gasteiger partial charge is 0.293 e. The van der Waals surface area contributed by atoms with Gasteiger partial charge in [0.2, 0.25) is 5.91 Å². The molecule has 0 spiro atoms. The molecule has 0 saturated carbocycles. The lowest BCUT2D eigenvalue weighted by atomic mass is 10.1. The van der Waals surface area contributed by atoms with E-state index >= 15 is 0 Å². The number of aromatic nitrogens is 3. The van der Waals surface area contributed by atoms with Gasteiger partial charge in [-0.25, -0.2) is 13.9 Å². The molecule has 11 heteroatoms. The predicted octanol–water partition coefficient (Wildman–Crippen LogP) is 3.14. The highest BCUT2D eigenvalue weighted by Gasteiger charge is 2.34. The van der Waals surface area contributed by atoms with E-state index in [0.29, 0.717) is 17.6 Å². The number of nitriles is 1. The highest BCUT2D eigenvalue weighted by Crippen LogP contribution is 2.32. The molecule has 3 amide bonds. The zero-order valence-electron chi connectivity index (χ0n) is 19.0. The van der Waals surface area contributed by atoms with E-state index in [9.17, 15) is 24.0 Å². The zero-order valence-corrected chi connectivity index (χ0v) is 19.9. The molecule has 3 heterocycles. The number of thioether (sulfide) groups is 1. The summed E-state index contributed by atoms with van der Waals surface area (Å²) in [6.07, 6.45) is 3.41. The van der Waals surface area contributed by atoms with E-state index in [-0.39, 0.29) is 35.9 Å². The van der Waals surface area contributed by atoms with Crippen LogP contribution in [0.15, 0.2) is 35.4 Å². The van der Waals surface area contributed by atoms with Gasteiger partial charge < -0.3 is 5.32 Å². The highest BCUT2D eigenvalue weighted by molar-refractivity contribution is 8.18. The van der Waals surface area contributed by atoms with E-state index in [2.05, 4.69) is 21.5 Å². The van der Waals surface area contributed by atoms with Crippen molar-refractivity contribution in [1.82, 2.24) is 24.8 Å². The Bertz CT molecular complexity index is 1420. The van der Waals surface area contributed by atoms with Crippen LogP contribution in [0.1, 0.15) is 34.5 Å². The van der Waals surface area contributed by atoms with Crippen molar-refractivity contribution >= 4 is 40.5 Å². The first kappa shape index (κ1) is 24.1. The summed E-state index contributed by atoms with van der Waals surface area (Å²) in [4.78, 5) is 42.8. The standard InChI is InChI=1S/C24H21FN6O3S/c1-14-18(15(2)31-22(29-14)17(12-26)13-28-31)7-8-21(32)27-9-10-30-23(33)20(35-24(30)34)11-16-5-3-4-6-19(16)25/h3-6,11,13H,7-10H2,1-2H3,(H,27,32)/b20-11-. The fourth-order valence-corrected chi connectivity index (χ4v) is 4.67. The number of fused-ring (bicyclic) bond motifs is 1. The molecule has 1 aromatic carbocycles. The zero-order chi connectivity index (χ0) is 25.1. The van der Waals surface area contributed by atoms with Crippen LogP contribution in [0.5, 0.6) is 0 Å². The number of amides is 3. The molecule has 0 atom stereocenters. The number of nitrogens with zero attached hydrogens (tertiary/aromatic N) is 5. The number of aryl methyl sites for hydroxylation is 2. The molecule has 3 aromatic rings. The third-order valence-electron chi connectivity index (χ3n) is 5.65. The molecular formula is C24H21FN6O3S. The SMILES string of the molecule is Cc1nc2c(C#N)cnn2c(C)c1CCC(=O)NCCN1C(=O)S/C(=C\c2ccccc2F)C1=O. The largest absolute Gasteiger partial charge is 0.354 e. The minimum atomic E-state index is -0.515. The van der Waals surface area contributed by atoms with Gasteiger partial charge in [-0.1, -0.05) is 18.2 Å². The van der Waals surface area contributed by atoms with Crippen molar-refractivity contribution < 1.29 is 18.8 Å². The summed E-state index contributed by atoms with van der Waals surface area (Å²) in [5.41, 5.74) is 3.49. The fraction of sp³-hybridized carbons (Fsp3) is 0.250. The maximum atomic E-state index is 13.9. The molecule has 9 nitrogen and oxygen atoms in total. The van der Waals surface area contributed by atoms with E-state index in [0.717, 1.165) is 33.6 Å². The lowest BCUT2D eigenvalue weighted by Crippen LogP contribution is -2.37. The fourth-order valence-electron chi connectivity index (χ4n) is 3.81. The summed E-state index contributed by atoms with van der Waals surface area (Å²) in [6, 6.07) is 8.05. The van der Waals surface area contributed by atoms with Gasteiger partial charge in [0.05, 0.1) is 11.1 Å². The molecule has 1 aliphatic rings. The van der Waals surface area contributed by atoms with Crippen molar-refractivity contribution in [2.75, 3.05) is 13.1 Å². The van der Waals surface area contributed by atoms with Gasteiger partial charge in [0, 0.05) is 36.5 Å². The van der Waals surface area contributed by atoms with Crippen LogP contribution < -0.4 is 5.32 Å². The third kappa shape index (κ3) is 4.93. The van der Waals surface area contributed by atoms with Crippen molar-refractivity contribution in [3.05, 3.63) is 69.3 Å². The number of hydrogen-bond acceptors (Lipinski definition) is 7. The first-order valence-electron chi connectivity index (χ1n) is 10.8. The maximum absolute atomic E-state index is 13.9. The number of benzene rings is 1. The summed E-state index contributed by atoms with van der Waals surface area (Å²) in [7, 11) is 0. The second kappa shape index (κ2) is 10.1. The molecule has 1 fully saturated rings. The Morgan fingerprint density at radius 3 is 2.80 bits per heavy atom. The second-order valence-corrected chi connectivity index (χ2v) is 8.86. The topological polar surface area (TPSA) is 120 Å². The Hall–Kier alpha value is -4.04. The molecule has 178 valence electrons. The Morgan fingerprint density at radius 1 is 1.29 bits per heavy atom. The molecule has 1 aliphatic heterocycles. The monoisotopic (exact) mass is 492 g/mol. The number of carbonyl (C=O) groups excluding carboxylic acids is 3. The van der Waals surface area contributed by atoms with E-state index in [4.69, 9.17) is 0 Å². The molecule has 1 saturated heterocycles. The molecule has 4 rings (SSSR count). The van der Waals surface area contributed by atoms with Gasteiger partial charge in [-0.2, -0.15) is 10.4 Å². The minimum Gasteiger partial charge on any atom is -0.354 e. The summed E-state index contributed by atoms with van der Waals surface area (Å²) in [5, 5.41) is 15.6. The Morgan fingerprint density at radius 2 is 2.06 bits per heavy atom. The summed E-state index contributed by atoms with van der Waals surface area (Å²) in [5.74, 6) is -1.24. The number of nitrogens with one attached hydrogen (secondary N) is 1. The van der Waals surface area contributed by atoms with Crippen LogP contribution in [0, 0.1) is 31.0 Å². The van der Waals surface area contributed by atoms with Crippen LogP contribution in [0.4, 0.5) is 9.18 Å². The molecule has 1 N–H and O–H groups in total. The van der Waals surface area contributed by atoms with Crippen molar-refractivity contribution in [1.29, 1.82) is 5.26 Å². The first-order valence-corrected chi connectivity index (χ1v) is 11.6. The summed E-state index contributed by atoms with van der Waals surface area (Å²) >= 11 is 0.743. The number of carbonyl (C=O) groups is 3. The second-order valence-electron chi connectivity index (χ2n) is 7.87. The number of rotatable bonds is 7. The molecule has 0 aliphatic carbocycles. The third-order valence-corrected chi connectivity index (χ3v) is 6.56. The van der Waals surface area contributed by atoms with Crippen molar-refractivity contribution in [3.63, 3.8) is 0 Å². The van der Waals surface area contributed by atoms with Gasteiger partial charge in [-0.15, -0.1) is 0 Å². The van der Waals surface area contributed by atoms with Gasteiger partial charge in [-0.05, 0) is 49.7 Å². The van der Waals surface area contributed by atoms with Crippen LogP contribution in [-0.4, -0.2) is 49.6 Å². The van der Waals surface area contributed by atoms with Gasteiger partial charge in [0.1, 0.15) is 17.4 Å². The van der Waals surface area contributed by atoms with E-state index in [1.54, 1.807) is 16.6 Å². The molecule has 2 aromatic heterocycles. The van der Waals surface area contributed by atoms with E-state index < -0.39 is 17.0 Å². The van der Waals surface area contributed by atoms with Crippen LogP contribution in [0.3, 0.4) is 0 Å². The van der Waals surface area contributed by atoms with Crippen molar-refractivity contribution in [3.8, 4) is 6.07 Å². The van der Waals surface area contributed by atoms with Crippen LogP contribution in [0.25, 0.3) is 11.7 Å². The van der Waals surface area contributed by atoms with Gasteiger partial charge in [0.25, 0.3) is 11.1 Å². The predicted molar refractivity (Wildman–Crippen MR) is 128 cm³/mol. The summed E-state index contributed by atoms with van der Waals surface area (Å²) < 4.78 is 15.5. The van der Waals surface area contributed by atoms with Gasteiger partial charge in [0.15, 0.2) is 5.65 Å². The first-order chi connectivity index (χ1) is 16.8. The normalized spacial score (nSPS) is 14.7. The highest BCUT2D eigenvalue weighted by atomic mass is 32.2. The molecule has 0 bridgehead atoms.